The van der Waals surface area contributed by atoms with Crippen LogP contribution in [0.4, 0.5) is 0 Å². The van der Waals surface area contributed by atoms with Crippen LogP contribution in [0.1, 0.15) is 0 Å². The number of benzene rings is 2. The lowest BCUT2D eigenvalue weighted by Crippen LogP contribution is -2.04. The Bertz CT molecular complexity index is 1090. The van der Waals surface area contributed by atoms with Crippen molar-refractivity contribution in [1.82, 2.24) is 4.57 Å². The number of aromatic hydroxyl groups is 2. The van der Waals surface area contributed by atoms with E-state index in [1.54, 1.807) is 37.5 Å². The highest BCUT2D eigenvalue weighted by Crippen LogP contribution is 2.36. The molecular weight excluding hydrogens is 270 g/mol. The molecule has 0 saturated carbocycles. The van der Waals surface area contributed by atoms with Gasteiger partial charge in [-0.1, -0.05) is 0 Å². The molecule has 0 aliphatic heterocycles. The molecule has 0 aliphatic rings. The van der Waals surface area contributed by atoms with E-state index in [0.29, 0.717) is 21.9 Å². The van der Waals surface area contributed by atoms with Crippen LogP contribution in [0.25, 0.3) is 32.7 Å². The van der Waals surface area contributed by atoms with Gasteiger partial charge in [0.2, 0.25) is 5.88 Å². The van der Waals surface area contributed by atoms with Crippen LogP contribution in [-0.4, -0.2) is 14.8 Å². The van der Waals surface area contributed by atoms with Gasteiger partial charge in [-0.2, -0.15) is 0 Å². The van der Waals surface area contributed by atoms with Gasteiger partial charge in [-0.25, -0.2) is 0 Å². The maximum Gasteiger partial charge on any atom is 0.202 e. The number of rotatable bonds is 0. The van der Waals surface area contributed by atoms with Crippen molar-refractivity contribution in [3.8, 4) is 11.6 Å². The van der Waals surface area contributed by atoms with Crippen LogP contribution in [0, 0.1) is 0 Å². The van der Waals surface area contributed by atoms with Gasteiger partial charge in [-0.3, -0.25) is 4.79 Å². The predicted molar refractivity (Wildman–Crippen MR) is 79.8 cm³/mol. The predicted octanol–water partition coefficient (Wildman–Crippen LogP) is 2.85. The molecule has 0 saturated heterocycles. The number of aryl methyl sites for hydroxylation is 1. The Morgan fingerprint density at radius 1 is 1.00 bits per heavy atom. The fourth-order valence-corrected chi connectivity index (χ4v) is 2.77. The normalized spacial score (nSPS) is 11.7. The second-order valence-corrected chi connectivity index (χ2v) is 5.07. The number of hydrogen-bond donors (Lipinski definition) is 2. The van der Waals surface area contributed by atoms with Gasteiger partial charge >= 0.3 is 0 Å². The molecule has 2 N–H and O–H groups in total. The van der Waals surface area contributed by atoms with E-state index in [1.807, 2.05) is 0 Å². The van der Waals surface area contributed by atoms with E-state index in [1.165, 1.54) is 10.6 Å². The molecule has 0 fully saturated rings. The van der Waals surface area contributed by atoms with E-state index >= 15 is 0 Å². The Morgan fingerprint density at radius 3 is 2.57 bits per heavy atom. The Morgan fingerprint density at radius 2 is 1.76 bits per heavy atom. The first kappa shape index (κ1) is 11.8. The van der Waals surface area contributed by atoms with Crippen LogP contribution in [0.5, 0.6) is 11.6 Å². The topological polar surface area (TPSA) is 75.6 Å². The highest BCUT2D eigenvalue weighted by molar-refractivity contribution is 6.18. The van der Waals surface area contributed by atoms with Gasteiger partial charge in [-0.15, -0.1) is 0 Å². The van der Waals surface area contributed by atoms with Crippen molar-refractivity contribution in [3.05, 3.63) is 46.8 Å². The highest BCUT2D eigenvalue weighted by Gasteiger charge is 2.16. The van der Waals surface area contributed by atoms with Crippen LogP contribution in [0.2, 0.25) is 0 Å². The molecule has 0 bridgehead atoms. The van der Waals surface area contributed by atoms with Crippen molar-refractivity contribution >= 4 is 32.7 Å². The Kier molecular flexibility index (Phi) is 2.14. The van der Waals surface area contributed by atoms with Crippen LogP contribution in [0.15, 0.2) is 45.7 Å². The number of pyridine rings is 1. The highest BCUT2D eigenvalue weighted by atomic mass is 16.3. The first-order valence-electron chi connectivity index (χ1n) is 6.43. The Hall–Kier alpha value is -2.95. The average Bonchev–Trinajstić information content (AvgIpc) is 2.46. The minimum atomic E-state index is -0.268. The first-order chi connectivity index (χ1) is 10.1. The molecule has 0 aliphatic carbocycles. The summed E-state index contributed by atoms with van der Waals surface area (Å²) in [6.07, 6.45) is 1.72. The molecule has 0 amide bonds. The summed E-state index contributed by atoms with van der Waals surface area (Å²) in [5.74, 6) is 0.00996. The minimum absolute atomic E-state index is 0.104. The number of nitrogens with zero attached hydrogens (tertiary/aromatic N) is 1. The molecular formula is C16H11NO4. The van der Waals surface area contributed by atoms with Gasteiger partial charge in [0, 0.05) is 29.4 Å². The zero-order valence-corrected chi connectivity index (χ0v) is 11.1. The molecule has 21 heavy (non-hydrogen) atoms. The van der Waals surface area contributed by atoms with Gasteiger partial charge in [0.15, 0.2) is 5.43 Å². The van der Waals surface area contributed by atoms with Gasteiger partial charge in [0.25, 0.3) is 0 Å². The number of hydrogen-bond acceptors (Lipinski definition) is 4. The molecule has 0 atom stereocenters. The molecule has 0 unspecified atom stereocenters. The van der Waals surface area contributed by atoms with Gasteiger partial charge in [0.1, 0.15) is 16.9 Å². The SMILES string of the molecule is Cn1cc2c3cc(O)ccc3oc3ccc(=O)c(c1O)c32. The maximum absolute atomic E-state index is 12.1. The summed E-state index contributed by atoms with van der Waals surface area (Å²) in [7, 11) is 1.66. The molecule has 0 spiro atoms. The van der Waals surface area contributed by atoms with E-state index in [2.05, 4.69) is 0 Å². The van der Waals surface area contributed by atoms with Crippen molar-refractivity contribution in [2.45, 2.75) is 0 Å². The van der Waals surface area contributed by atoms with E-state index in [-0.39, 0.29) is 22.4 Å². The standard InChI is InChI=1S/C16H11NO4/c1-17-7-10-9-6-8(18)2-4-12(9)21-13-5-3-11(19)15(14(10)13)16(17)20/h2-7,18,20H,1H3. The molecule has 104 valence electrons. The molecule has 2 aromatic carbocycles. The van der Waals surface area contributed by atoms with Gasteiger partial charge in [0.05, 0.1) is 5.39 Å². The number of phenolic OH excluding ortho intramolecular Hbond substituents is 1. The van der Waals surface area contributed by atoms with Crippen LogP contribution >= 0.6 is 0 Å². The Balaban J connectivity index is 2.44. The molecule has 4 rings (SSSR count). The van der Waals surface area contributed by atoms with Gasteiger partial charge < -0.3 is 19.2 Å². The second-order valence-electron chi connectivity index (χ2n) is 5.07. The lowest BCUT2D eigenvalue weighted by atomic mass is 10.0. The van der Waals surface area contributed by atoms with E-state index in [9.17, 15) is 15.0 Å². The van der Waals surface area contributed by atoms with Crippen LogP contribution < -0.4 is 5.43 Å². The summed E-state index contributed by atoms with van der Waals surface area (Å²) in [4.78, 5) is 12.1. The molecule has 5 heteroatoms. The van der Waals surface area contributed by atoms with Gasteiger partial charge in [-0.05, 0) is 30.3 Å². The van der Waals surface area contributed by atoms with Crippen molar-refractivity contribution in [1.29, 1.82) is 0 Å². The number of fused-ring (bicyclic) bond motifs is 2. The summed E-state index contributed by atoms with van der Waals surface area (Å²) in [5, 5.41) is 22.1. The summed E-state index contributed by atoms with van der Waals surface area (Å²) in [6, 6.07) is 7.79. The molecule has 2 heterocycles. The van der Waals surface area contributed by atoms with Crippen molar-refractivity contribution in [2.75, 3.05) is 0 Å². The molecule has 2 aromatic heterocycles. The number of aromatic nitrogens is 1. The molecule has 5 nitrogen and oxygen atoms in total. The lowest BCUT2D eigenvalue weighted by Gasteiger charge is -2.12. The first-order valence-corrected chi connectivity index (χ1v) is 6.43. The third-order valence-corrected chi connectivity index (χ3v) is 3.75. The quantitative estimate of drug-likeness (QED) is 0.384. The fourth-order valence-electron chi connectivity index (χ4n) is 2.77. The van der Waals surface area contributed by atoms with Crippen molar-refractivity contribution in [3.63, 3.8) is 0 Å². The third-order valence-electron chi connectivity index (χ3n) is 3.75. The van der Waals surface area contributed by atoms with Crippen LogP contribution in [0.3, 0.4) is 0 Å². The average molecular weight is 281 g/mol. The van der Waals surface area contributed by atoms with E-state index in [0.717, 1.165) is 5.39 Å². The minimum Gasteiger partial charge on any atom is -0.508 e. The summed E-state index contributed by atoms with van der Waals surface area (Å²) < 4.78 is 7.27. The largest absolute Gasteiger partial charge is 0.508 e. The fraction of sp³-hybridized carbons (Fsp3) is 0.0625. The third kappa shape index (κ3) is 1.48. The van der Waals surface area contributed by atoms with Crippen molar-refractivity contribution < 1.29 is 14.6 Å². The van der Waals surface area contributed by atoms with Crippen molar-refractivity contribution in [2.24, 2.45) is 7.05 Å². The molecule has 0 radical (unpaired) electrons. The summed E-state index contributed by atoms with van der Waals surface area (Å²) >= 11 is 0. The van der Waals surface area contributed by atoms with E-state index < -0.39 is 0 Å². The lowest BCUT2D eigenvalue weighted by molar-refractivity contribution is 0.434. The zero-order valence-electron chi connectivity index (χ0n) is 11.1. The summed E-state index contributed by atoms with van der Waals surface area (Å²) in [6.45, 7) is 0. The summed E-state index contributed by atoms with van der Waals surface area (Å²) in [5.41, 5.74) is 0.857. The molecule has 4 aromatic rings. The smallest absolute Gasteiger partial charge is 0.202 e. The Labute approximate surface area is 118 Å². The monoisotopic (exact) mass is 281 g/mol. The van der Waals surface area contributed by atoms with E-state index in [4.69, 9.17) is 4.42 Å². The second kappa shape index (κ2) is 3.79. The number of phenols is 1. The zero-order chi connectivity index (χ0) is 14.7. The van der Waals surface area contributed by atoms with Crippen LogP contribution in [-0.2, 0) is 7.05 Å². The maximum atomic E-state index is 12.1.